The van der Waals surface area contributed by atoms with Crippen LogP contribution < -0.4 is 0 Å². The highest BCUT2D eigenvalue weighted by Crippen LogP contribution is 2.36. The summed E-state index contributed by atoms with van der Waals surface area (Å²) in [6.45, 7) is 7.81. The molecular weight excluding hydrogens is 210 g/mol. The molecule has 0 aliphatic carbocycles. The van der Waals surface area contributed by atoms with Crippen LogP contribution in [-0.4, -0.2) is 35.4 Å². The van der Waals surface area contributed by atoms with Crippen molar-refractivity contribution >= 4 is 11.6 Å². The smallest absolute Gasteiger partial charge is 0.202 e. The average Bonchev–Trinajstić information content (AvgIpc) is 2.38. The highest BCUT2D eigenvalue weighted by Gasteiger charge is 2.31. The topological polar surface area (TPSA) is 18.8 Å². The predicted octanol–water partition coefficient (Wildman–Crippen LogP) is 2.78. The van der Waals surface area contributed by atoms with Gasteiger partial charge in [0.05, 0.1) is 11.7 Å². The van der Waals surface area contributed by atoms with E-state index in [-0.39, 0.29) is 0 Å². The molecule has 0 aromatic heterocycles. The molecule has 17 heavy (non-hydrogen) atoms. The fraction of sp³-hybridized carbons (Fsp3) is 0.500. The molecule has 0 bridgehead atoms. The maximum Gasteiger partial charge on any atom is 0.202 e. The number of hydrogen-bond acceptors (Lipinski definition) is 3. The number of hydrogen-bond donors (Lipinski definition) is 0. The van der Waals surface area contributed by atoms with Crippen LogP contribution in [0.25, 0.3) is 0 Å². The molecule has 0 saturated carbocycles. The molecule has 2 heterocycles. The maximum absolute atomic E-state index is 4.84. The summed E-state index contributed by atoms with van der Waals surface area (Å²) in [6, 6.07) is 8.96. The number of rotatable bonds is 1. The third-order valence-corrected chi connectivity index (χ3v) is 3.82. The van der Waals surface area contributed by atoms with Crippen molar-refractivity contribution in [1.29, 1.82) is 0 Å². The molecule has 0 radical (unpaired) electrons. The van der Waals surface area contributed by atoms with E-state index < -0.39 is 0 Å². The van der Waals surface area contributed by atoms with Gasteiger partial charge in [-0.1, -0.05) is 18.2 Å². The molecular formula is C14H19N3. The molecule has 2 aliphatic rings. The second kappa shape index (κ2) is 4.06. The summed E-state index contributed by atoms with van der Waals surface area (Å²) in [5.41, 5.74) is 2.50. The van der Waals surface area contributed by atoms with E-state index in [2.05, 4.69) is 47.9 Å². The normalized spacial score (nSPS) is 22.9. The molecule has 1 saturated heterocycles. The van der Waals surface area contributed by atoms with E-state index in [1.54, 1.807) is 0 Å². The van der Waals surface area contributed by atoms with Gasteiger partial charge in [-0.05, 0) is 26.3 Å². The first-order valence-electron chi connectivity index (χ1n) is 6.50. The largest absolute Gasteiger partial charge is 0.343 e. The van der Waals surface area contributed by atoms with Gasteiger partial charge in [-0.3, -0.25) is 0 Å². The van der Waals surface area contributed by atoms with Crippen molar-refractivity contribution in [3.05, 3.63) is 29.8 Å². The zero-order chi connectivity index (χ0) is 11.8. The molecule has 0 amide bonds. The Hall–Kier alpha value is -1.51. The molecule has 1 unspecified atom stereocenters. The van der Waals surface area contributed by atoms with Crippen LogP contribution >= 0.6 is 0 Å². The van der Waals surface area contributed by atoms with E-state index in [9.17, 15) is 0 Å². The minimum absolute atomic E-state index is 0.452. The van der Waals surface area contributed by atoms with Crippen molar-refractivity contribution in [2.24, 2.45) is 4.99 Å². The van der Waals surface area contributed by atoms with Crippen molar-refractivity contribution in [1.82, 2.24) is 9.80 Å². The molecule has 1 aromatic carbocycles. The van der Waals surface area contributed by atoms with Gasteiger partial charge in [-0.15, -0.1) is 0 Å². The Morgan fingerprint density at radius 3 is 2.94 bits per heavy atom. The Morgan fingerprint density at radius 1 is 1.29 bits per heavy atom. The van der Waals surface area contributed by atoms with Crippen LogP contribution in [-0.2, 0) is 0 Å². The Balaban J connectivity index is 2.07. The number of fused-ring (bicyclic) bond motifs is 2. The third-order valence-electron chi connectivity index (χ3n) is 3.82. The summed E-state index contributed by atoms with van der Waals surface area (Å²) in [5, 5.41) is 0. The van der Waals surface area contributed by atoms with Crippen molar-refractivity contribution in [2.75, 3.05) is 19.6 Å². The molecule has 1 fully saturated rings. The van der Waals surface area contributed by atoms with Crippen LogP contribution in [0.1, 0.15) is 31.9 Å². The van der Waals surface area contributed by atoms with Crippen LogP contribution in [0.3, 0.4) is 0 Å². The van der Waals surface area contributed by atoms with Crippen LogP contribution in [0.2, 0.25) is 0 Å². The molecule has 1 atom stereocenters. The van der Waals surface area contributed by atoms with Crippen LogP contribution in [0.5, 0.6) is 0 Å². The zero-order valence-electron chi connectivity index (χ0n) is 10.6. The molecule has 3 heteroatoms. The average molecular weight is 229 g/mol. The quantitative estimate of drug-likeness (QED) is 0.737. The van der Waals surface area contributed by atoms with Crippen LogP contribution in [0, 0.1) is 0 Å². The lowest BCUT2D eigenvalue weighted by Crippen LogP contribution is -2.51. The van der Waals surface area contributed by atoms with E-state index in [1.165, 1.54) is 17.9 Å². The Bertz CT molecular complexity index is 453. The first kappa shape index (κ1) is 10.6. The minimum atomic E-state index is 0.452. The summed E-state index contributed by atoms with van der Waals surface area (Å²) in [4.78, 5) is 9.66. The lowest BCUT2D eigenvalue weighted by Gasteiger charge is -2.44. The Morgan fingerprint density at radius 2 is 2.12 bits per heavy atom. The lowest BCUT2D eigenvalue weighted by atomic mass is 10.0. The standard InChI is InChI=1S/C14H19N3/c1-3-16-9-6-10-17-11(2)12-7-4-5-8-13(12)15-14(16)17/h4-5,7-8,11H,3,6,9-10H2,1-2H3. The van der Waals surface area contributed by atoms with E-state index in [0.29, 0.717) is 6.04 Å². The van der Waals surface area contributed by atoms with Gasteiger partial charge in [0.2, 0.25) is 5.96 Å². The van der Waals surface area contributed by atoms with Gasteiger partial charge in [0.1, 0.15) is 0 Å². The van der Waals surface area contributed by atoms with E-state index >= 15 is 0 Å². The predicted molar refractivity (Wildman–Crippen MR) is 70.5 cm³/mol. The fourth-order valence-electron chi connectivity index (χ4n) is 2.83. The van der Waals surface area contributed by atoms with Crippen molar-refractivity contribution in [3.63, 3.8) is 0 Å². The molecule has 2 aliphatic heterocycles. The van der Waals surface area contributed by atoms with Crippen molar-refractivity contribution < 1.29 is 0 Å². The summed E-state index contributed by atoms with van der Waals surface area (Å²) in [5.74, 6) is 1.17. The van der Waals surface area contributed by atoms with Crippen molar-refractivity contribution in [2.45, 2.75) is 26.3 Å². The van der Waals surface area contributed by atoms with Gasteiger partial charge in [0.25, 0.3) is 0 Å². The van der Waals surface area contributed by atoms with Crippen molar-refractivity contribution in [3.8, 4) is 0 Å². The van der Waals surface area contributed by atoms with Gasteiger partial charge < -0.3 is 9.80 Å². The molecule has 1 aromatic rings. The minimum Gasteiger partial charge on any atom is -0.343 e. The maximum atomic E-state index is 4.84. The molecule has 90 valence electrons. The first-order valence-corrected chi connectivity index (χ1v) is 6.50. The van der Waals surface area contributed by atoms with Gasteiger partial charge in [-0.2, -0.15) is 0 Å². The summed E-state index contributed by atoms with van der Waals surface area (Å²) >= 11 is 0. The van der Waals surface area contributed by atoms with Gasteiger partial charge in [0.15, 0.2) is 0 Å². The zero-order valence-corrected chi connectivity index (χ0v) is 10.6. The van der Waals surface area contributed by atoms with E-state index in [1.807, 2.05) is 0 Å². The SMILES string of the molecule is CCN1CCCN2C1=Nc1ccccc1C2C. The van der Waals surface area contributed by atoms with Gasteiger partial charge in [-0.25, -0.2) is 4.99 Å². The van der Waals surface area contributed by atoms with E-state index in [0.717, 1.165) is 25.3 Å². The summed E-state index contributed by atoms with van der Waals surface area (Å²) in [6.07, 6.45) is 1.24. The number of aliphatic imine (C=N–C) groups is 1. The fourth-order valence-corrected chi connectivity index (χ4v) is 2.83. The third kappa shape index (κ3) is 1.61. The number of guanidine groups is 1. The van der Waals surface area contributed by atoms with Crippen LogP contribution in [0.15, 0.2) is 29.3 Å². The highest BCUT2D eigenvalue weighted by molar-refractivity contribution is 5.86. The highest BCUT2D eigenvalue weighted by atomic mass is 15.4. The van der Waals surface area contributed by atoms with E-state index in [4.69, 9.17) is 4.99 Å². The number of nitrogens with zero attached hydrogens (tertiary/aromatic N) is 3. The van der Waals surface area contributed by atoms with Gasteiger partial charge in [0, 0.05) is 25.2 Å². The summed E-state index contributed by atoms with van der Waals surface area (Å²) < 4.78 is 0. The lowest BCUT2D eigenvalue weighted by molar-refractivity contribution is 0.220. The Kier molecular flexibility index (Phi) is 2.54. The molecule has 0 spiro atoms. The summed E-state index contributed by atoms with van der Waals surface area (Å²) in [7, 11) is 0. The second-order valence-corrected chi connectivity index (χ2v) is 4.77. The first-order chi connectivity index (χ1) is 8.31. The molecule has 0 N–H and O–H groups in total. The second-order valence-electron chi connectivity index (χ2n) is 4.77. The molecule has 3 nitrogen and oxygen atoms in total. The molecule has 3 rings (SSSR count). The monoisotopic (exact) mass is 229 g/mol. The number of benzene rings is 1. The number of para-hydroxylation sites is 1. The Labute approximate surface area is 103 Å². The van der Waals surface area contributed by atoms with Gasteiger partial charge >= 0.3 is 0 Å². The van der Waals surface area contributed by atoms with Crippen LogP contribution in [0.4, 0.5) is 5.69 Å².